The number of rotatable bonds is 3. The molecular formula is C13H18ClN3O. The molecule has 1 fully saturated rings. The van der Waals surface area contributed by atoms with Gasteiger partial charge < -0.3 is 4.90 Å². The molecule has 98 valence electrons. The molecule has 0 saturated heterocycles. The van der Waals surface area contributed by atoms with Gasteiger partial charge in [0.05, 0.1) is 5.56 Å². The maximum Gasteiger partial charge on any atom is 0.156 e. The third kappa shape index (κ3) is 2.80. The van der Waals surface area contributed by atoms with E-state index in [-0.39, 0.29) is 5.15 Å². The molecule has 0 atom stereocenters. The van der Waals surface area contributed by atoms with Gasteiger partial charge in [-0.2, -0.15) is 0 Å². The van der Waals surface area contributed by atoms with E-state index in [1.807, 2.05) is 7.05 Å². The first-order valence-corrected chi connectivity index (χ1v) is 6.80. The van der Waals surface area contributed by atoms with Gasteiger partial charge in [0.15, 0.2) is 6.29 Å². The number of nitrogens with zero attached hydrogens (tertiary/aromatic N) is 3. The van der Waals surface area contributed by atoms with E-state index < -0.39 is 0 Å². The molecule has 1 aromatic rings. The van der Waals surface area contributed by atoms with Crippen molar-refractivity contribution in [1.29, 1.82) is 0 Å². The maximum absolute atomic E-state index is 11.1. The fraction of sp³-hybridized carbons (Fsp3) is 0.615. The van der Waals surface area contributed by atoms with Crippen molar-refractivity contribution in [1.82, 2.24) is 9.97 Å². The van der Waals surface area contributed by atoms with Crippen LogP contribution in [0.3, 0.4) is 0 Å². The monoisotopic (exact) mass is 267 g/mol. The van der Waals surface area contributed by atoms with E-state index in [0.29, 0.717) is 17.4 Å². The summed E-state index contributed by atoms with van der Waals surface area (Å²) < 4.78 is 0. The molecule has 0 N–H and O–H groups in total. The van der Waals surface area contributed by atoms with Gasteiger partial charge >= 0.3 is 0 Å². The zero-order chi connectivity index (χ0) is 13.0. The Kier molecular flexibility index (Phi) is 4.53. The normalized spacial score (nSPS) is 17.2. The molecule has 0 aliphatic heterocycles. The molecule has 5 heteroatoms. The molecule has 0 radical (unpaired) electrons. The van der Waals surface area contributed by atoms with Crippen LogP contribution in [0.4, 0.5) is 5.82 Å². The Morgan fingerprint density at radius 2 is 1.94 bits per heavy atom. The molecule has 18 heavy (non-hydrogen) atoms. The van der Waals surface area contributed by atoms with E-state index in [2.05, 4.69) is 14.9 Å². The maximum atomic E-state index is 11.1. The van der Waals surface area contributed by atoms with Crippen molar-refractivity contribution in [3.8, 4) is 0 Å². The summed E-state index contributed by atoms with van der Waals surface area (Å²) in [7, 11) is 1.99. The van der Waals surface area contributed by atoms with Gasteiger partial charge in [-0.15, -0.1) is 0 Å². The van der Waals surface area contributed by atoms with E-state index in [1.54, 1.807) is 0 Å². The fourth-order valence-electron chi connectivity index (χ4n) is 2.57. The zero-order valence-corrected chi connectivity index (χ0v) is 11.4. The van der Waals surface area contributed by atoms with Gasteiger partial charge in [0.25, 0.3) is 0 Å². The van der Waals surface area contributed by atoms with Crippen LogP contribution >= 0.6 is 11.6 Å². The summed E-state index contributed by atoms with van der Waals surface area (Å²) in [4.78, 5) is 21.3. The van der Waals surface area contributed by atoms with Crippen molar-refractivity contribution in [2.75, 3.05) is 11.9 Å². The Morgan fingerprint density at radius 1 is 1.28 bits per heavy atom. The molecule has 1 heterocycles. The Bertz CT molecular complexity index is 417. The third-order valence-electron chi connectivity index (χ3n) is 3.64. The Labute approximate surface area is 112 Å². The number of aldehydes is 1. The van der Waals surface area contributed by atoms with Crippen molar-refractivity contribution in [3.05, 3.63) is 17.0 Å². The van der Waals surface area contributed by atoms with Gasteiger partial charge in [-0.3, -0.25) is 4.79 Å². The van der Waals surface area contributed by atoms with E-state index in [4.69, 9.17) is 11.6 Å². The predicted octanol–water partition coefficient (Wildman–Crippen LogP) is 3.10. The van der Waals surface area contributed by atoms with E-state index in [9.17, 15) is 4.79 Å². The lowest BCUT2D eigenvalue weighted by Gasteiger charge is -2.29. The van der Waals surface area contributed by atoms with Crippen LogP contribution in [0.2, 0.25) is 5.15 Å². The summed E-state index contributed by atoms with van der Waals surface area (Å²) in [5, 5.41) is 0.232. The highest BCUT2D eigenvalue weighted by Crippen LogP contribution is 2.27. The number of hydrogen-bond donors (Lipinski definition) is 0. The van der Waals surface area contributed by atoms with Crippen LogP contribution in [0.1, 0.15) is 48.9 Å². The Balaban J connectivity index is 2.24. The van der Waals surface area contributed by atoms with Crippen LogP contribution in [0, 0.1) is 0 Å². The van der Waals surface area contributed by atoms with Crippen molar-refractivity contribution < 1.29 is 4.79 Å². The lowest BCUT2D eigenvalue weighted by molar-refractivity contribution is 0.112. The standard InChI is InChI=1S/C13H18ClN3O/c1-17(10-6-4-2-3-5-7-10)13-11(8-18)12(14)15-9-16-13/h8-10H,2-7H2,1H3. The third-order valence-corrected chi connectivity index (χ3v) is 3.94. The SMILES string of the molecule is CN(c1ncnc(Cl)c1C=O)C1CCCCCC1. The molecule has 2 rings (SSSR count). The van der Waals surface area contributed by atoms with Gasteiger partial charge in [0.2, 0.25) is 0 Å². The number of hydrogen-bond acceptors (Lipinski definition) is 4. The van der Waals surface area contributed by atoms with E-state index in [1.165, 1.54) is 32.0 Å². The first kappa shape index (κ1) is 13.3. The summed E-state index contributed by atoms with van der Waals surface area (Å²) in [6.45, 7) is 0. The summed E-state index contributed by atoms with van der Waals surface area (Å²) in [6.07, 6.45) is 9.54. The van der Waals surface area contributed by atoms with Crippen molar-refractivity contribution in [2.45, 2.75) is 44.6 Å². The second-order valence-corrected chi connectivity index (χ2v) is 5.13. The van der Waals surface area contributed by atoms with Gasteiger partial charge in [0, 0.05) is 13.1 Å². The van der Waals surface area contributed by atoms with Gasteiger partial charge in [-0.1, -0.05) is 37.3 Å². The van der Waals surface area contributed by atoms with E-state index in [0.717, 1.165) is 19.1 Å². The molecule has 0 spiro atoms. The molecule has 4 nitrogen and oxygen atoms in total. The summed E-state index contributed by atoms with van der Waals surface area (Å²) >= 11 is 5.94. The van der Waals surface area contributed by atoms with Crippen molar-refractivity contribution in [3.63, 3.8) is 0 Å². The minimum atomic E-state index is 0.232. The quantitative estimate of drug-likeness (QED) is 0.480. The second kappa shape index (κ2) is 6.14. The average Bonchev–Trinajstić information content (AvgIpc) is 2.66. The van der Waals surface area contributed by atoms with Crippen LogP contribution < -0.4 is 4.90 Å². The lowest BCUT2D eigenvalue weighted by Crippen LogP contribution is -2.32. The molecule has 0 amide bonds. The van der Waals surface area contributed by atoms with Crippen LogP contribution in [-0.2, 0) is 0 Å². The number of aromatic nitrogens is 2. The number of anilines is 1. The molecule has 0 bridgehead atoms. The van der Waals surface area contributed by atoms with Gasteiger partial charge in [0.1, 0.15) is 17.3 Å². The molecular weight excluding hydrogens is 250 g/mol. The highest BCUT2D eigenvalue weighted by atomic mass is 35.5. The zero-order valence-electron chi connectivity index (χ0n) is 10.6. The van der Waals surface area contributed by atoms with E-state index >= 15 is 0 Å². The molecule has 1 aliphatic rings. The van der Waals surface area contributed by atoms with Crippen LogP contribution in [-0.4, -0.2) is 29.3 Å². The predicted molar refractivity (Wildman–Crippen MR) is 72.3 cm³/mol. The largest absolute Gasteiger partial charge is 0.356 e. The average molecular weight is 268 g/mol. The van der Waals surface area contributed by atoms with Gasteiger partial charge in [-0.25, -0.2) is 9.97 Å². The highest BCUT2D eigenvalue weighted by molar-refractivity contribution is 6.32. The molecule has 0 aromatic carbocycles. The topological polar surface area (TPSA) is 46.1 Å². The molecule has 1 saturated carbocycles. The summed E-state index contributed by atoms with van der Waals surface area (Å²) in [5.74, 6) is 0.650. The minimum absolute atomic E-state index is 0.232. The summed E-state index contributed by atoms with van der Waals surface area (Å²) in [6, 6.07) is 0.442. The molecule has 1 aliphatic carbocycles. The Hall–Kier alpha value is -1.16. The van der Waals surface area contributed by atoms with Crippen LogP contribution in [0.25, 0.3) is 0 Å². The smallest absolute Gasteiger partial charge is 0.156 e. The Morgan fingerprint density at radius 3 is 2.56 bits per heavy atom. The first-order chi connectivity index (χ1) is 8.74. The van der Waals surface area contributed by atoms with Crippen molar-refractivity contribution in [2.24, 2.45) is 0 Å². The second-order valence-electron chi connectivity index (χ2n) is 4.78. The first-order valence-electron chi connectivity index (χ1n) is 6.42. The van der Waals surface area contributed by atoms with Crippen molar-refractivity contribution >= 4 is 23.7 Å². The lowest BCUT2D eigenvalue weighted by atomic mass is 10.1. The molecule has 1 aromatic heterocycles. The van der Waals surface area contributed by atoms with Crippen LogP contribution in [0.15, 0.2) is 6.33 Å². The van der Waals surface area contributed by atoms with Gasteiger partial charge in [-0.05, 0) is 12.8 Å². The summed E-state index contributed by atoms with van der Waals surface area (Å²) in [5.41, 5.74) is 0.394. The highest BCUT2D eigenvalue weighted by Gasteiger charge is 2.21. The fourth-order valence-corrected chi connectivity index (χ4v) is 2.74. The van der Waals surface area contributed by atoms with Crippen LogP contribution in [0.5, 0.6) is 0 Å². The number of carbonyl (C=O) groups excluding carboxylic acids is 1. The number of halogens is 1. The molecule has 0 unspecified atom stereocenters. The number of carbonyl (C=O) groups is 1. The minimum Gasteiger partial charge on any atom is -0.356 e.